The van der Waals surface area contributed by atoms with Crippen molar-refractivity contribution in [2.45, 2.75) is 87.2 Å². The van der Waals surface area contributed by atoms with E-state index in [2.05, 4.69) is 0 Å². The Morgan fingerprint density at radius 2 is 1.07 bits per heavy atom. The molecule has 0 N–H and O–H groups in total. The molecule has 0 aliphatic rings. The zero-order chi connectivity index (χ0) is 21.4. The van der Waals surface area contributed by atoms with Gasteiger partial charge in [0.25, 0.3) is 11.9 Å². The molecule has 0 aromatic carbocycles. The molecule has 0 bridgehead atoms. The van der Waals surface area contributed by atoms with Crippen LogP contribution in [0, 0.1) is 10.8 Å². The number of carbonyl (C=O) groups is 4. The van der Waals surface area contributed by atoms with Gasteiger partial charge < -0.3 is 11.4 Å². The van der Waals surface area contributed by atoms with Gasteiger partial charge in [-0.1, -0.05) is 41.5 Å². The monoisotopic (exact) mass is 400 g/mol. The standard InChI is InChI=1S/2C8H14O3.C3H7O.Al/c2*1-8(2,3)5-6(9)4-7(10)11;1-3(2)4;/h2*4-5H2,1-3H3,(H,10,11);3H,1-2H3;/q;;-1;+3/p-2. The van der Waals surface area contributed by atoms with E-state index < -0.39 is 39.9 Å². The zero-order valence-electron chi connectivity index (χ0n) is 17.8. The third kappa shape index (κ3) is 15.5. The van der Waals surface area contributed by atoms with Crippen molar-refractivity contribution in [1.29, 1.82) is 0 Å². The van der Waals surface area contributed by atoms with Gasteiger partial charge in [-0.25, -0.2) is 0 Å². The molecule has 0 atom stereocenters. The molecule has 0 aromatic heterocycles. The summed E-state index contributed by atoms with van der Waals surface area (Å²) >= 11 is -3.13. The highest BCUT2D eigenvalue weighted by atomic mass is 27.3. The molecule has 0 aliphatic carbocycles. The lowest BCUT2D eigenvalue weighted by Gasteiger charge is -2.18. The topological polar surface area (TPSA) is 96.0 Å². The van der Waals surface area contributed by atoms with E-state index in [1.807, 2.05) is 41.5 Å². The summed E-state index contributed by atoms with van der Waals surface area (Å²) in [6.45, 7) is 14.8. The fraction of sp³-hybridized carbons (Fsp3) is 0.789. The van der Waals surface area contributed by atoms with E-state index >= 15 is 0 Å². The van der Waals surface area contributed by atoms with Gasteiger partial charge in [0.05, 0.1) is 0 Å². The number of ketones is 2. The average Bonchev–Trinajstić information content (AvgIpc) is 2.30. The number of Topliss-reactive ketones (excluding diaryl/α,β-unsaturated/α-hetero) is 2. The highest BCUT2D eigenvalue weighted by Crippen LogP contribution is 2.20. The SMILES string of the molecule is CC(C)[O][Al]([O]C(=O)CC(=O)CC(C)(C)C)[O]C(=O)CC(=O)CC(C)(C)C. The van der Waals surface area contributed by atoms with Crippen LogP contribution in [0.15, 0.2) is 0 Å². The molecule has 0 radical (unpaired) electrons. The quantitative estimate of drug-likeness (QED) is 0.410. The third-order valence-corrected chi connectivity index (χ3v) is 4.65. The second kappa shape index (κ2) is 10.9. The molecule has 0 aromatic rings. The summed E-state index contributed by atoms with van der Waals surface area (Å²) in [5.41, 5.74) is -0.467. The second-order valence-corrected chi connectivity index (χ2v) is 10.7. The Labute approximate surface area is 167 Å². The zero-order valence-corrected chi connectivity index (χ0v) is 19.0. The van der Waals surface area contributed by atoms with Gasteiger partial charge in [-0.15, -0.1) is 0 Å². The molecule has 0 amide bonds. The maximum absolute atomic E-state index is 12.0. The number of rotatable bonds is 10. The maximum Gasteiger partial charge on any atom is 1.10 e. The van der Waals surface area contributed by atoms with Crippen molar-refractivity contribution in [1.82, 2.24) is 0 Å². The summed E-state index contributed by atoms with van der Waals surface area (Å²) in [5.74, 6) is -2.07. The molecule has 8 heteroatoms. The van der Waals surface area contributed by atoms with Crippen LogP contribution in [0.2, 0.25) is 0 Å². The van der Waals surface area contributed by atoms with E-state index in [9.17, 15) is 19.2 Å². The molecule has 0 saturated heterocycles. The van der Waals surface area contributed by atoms with Gasteiger partial charge in [0.15, 0.2) is 0 Å². The first-order valence-corrected chi connectivity index (χ1v) is 10.6. The van der Waals surface area contributed by atoms with E-state index in [1.165, 1.54) is 0 Å². The van der Waals surface area contributed by atoms with Crippen LogP contribution >= 0.6 is 0 Å². The Morgan fingerprint density at radius 1 is 0.741 bits per heavy atom. The van der Waals surface area contributed by atoms with Crippen LogP contribution in [-0.4, -0.2) is 44.8 Å². The van der Waals surface area contributed by atoms with E-state index in [4.69, 9.17) is 11.4 Å². The van der Waals surface area contributed by atoms with Gasteiger partial charge in [0.1, 0.15) is 24.4 Å². The molecular formula is C19H33AlO7. The molecule has 0 unspecified atom stereocenters. The summed E-state index contributed by atoms with van der Waals surface area (Å²) < 4.78 is 15.6. The lowest BCUT2D eigenvalue weighted by atomic mass is 9.89. The van der Waals surface area contributed by atoms with Gasteiger partial charge in [0, 0.05) is 18.9 Å². The van der Waals surface area contributed by atoms with Crippen molar-refractivity contribution in [3.63, 3.8) is 0 Å². The van der Waals surface area contributed by atoms with Crippen LogP contribution in [0.25, 0.3) is 0 Å². The van der Waals surface area contributed by atoms with Crippen LogP contribution in [0.5, 0.6) is 0 Å². The Hall–Kier alpha value is -1.23. The second-order valence-electron chi connectivity index (χ2n) is 9.36. The van der Waals surface area contributed by atoms with Crippen molar-refractivity contribution < 1.29 is 30.5 Å². The smallest absolute Gasteiger partial charge is 0.561 e. The first kappa shape index (κ1) is 25.8. The average molecular weight is 400 g/mol. The molecule has 7 nitrogen and oxygen atoms in total. The third-order valence-electron chi connectivity index (χ3n) is 2.98. The van der Waals surface area contributed by atoms with E-state index in [0.29, 0.717) is 0 Å². The molecule has 154 valence electrons. The van der Waals surface area contributed by atoms with Crippen LogP contribution in [0.4, 0.5) is 0 Å². The molecular weight excluding hydrogens is 367 g/mol. The van der Waals surface area contributed by atoms with Crippen molar-refractivity contribution >= 4 is 38.7 Å². The summed E-state index contributed by atoms with van der Waals surface area (Å²) in [6.07, 6.45) is -0.662. The molecule has 0 saturated carbocycles. The van der Waals surface area contributed by atoms with Crippen molar-refractivity contribution in [2.24, 2.45) is 10.8 Å². The van der Waals surface area contributed by atoms with E-state index in [1.54, 1.807) is 13.8 Å². The summed E-state index contributed by atoms with van der Waals surface area (Å²) in [7, 11) is 0. The number of hydrogen-bond acceptors (Lipinski definition) is 7. The summed E-state index contributed by atoms with van der Waals surface area (Å²) in [6, 6.07) is 0. The minimum Gasteiger partial charge on any atom is -0.561 e. The summed E-state index contributed by atoms with van der Waals surface area (Å²) in [4.78, 5) is 47.7. The first-order valence-electron chi connectivity index (χ1n) is 9.15. The first-order chi connectivity index (χ1) is 12.1. The minimum absolute atomic E-state index is 0.234. The minimum atomic E-state index is -3.13. The van der Waals surface area contributed by atoms with Gasteiger partial charge in [-0.2, -0.15) is 0 Å². The lowest BCUT2D eigenvalue weighted by molar-refractivity contribution is -0.145. The number of carbonyl (C=O) groups excluding carboxylic acids is 4. The fourth-order valence-electron chi connectivity index (χ4n) is 2.23. The van der Waals surface area contributed by atoms with Gasteiger partial charge in [0.2, 0.25) is 0 Å². The largest absolute Gasteiger partial charge is 1.10 e. The molecule has 0 aliphatic heterocycles. The van der Waals surface area contributed by atoms with E-state index in [0.717, 1.165) is 0 Å². The van der Waals surface area contributed by atoms with E-state index in [-0.39, 0.29) is 41.3 Å². The van der Waals surface area contributed by atoms with Crippen LogP contribution in [0.1, 0.15) is 81.1 Å². The number of hydrogen-bond donors (Lipinski definition) is 0. The van der Waals surface area contributed by atoms with Gasteiger partial charge >= 0.3 is 15.1 Å². The highest BCUT2D eigenvalue weighted by molar-refractivity contribution is 6.42. The highest BCUT2D eigenvalue weighted by Gasteiger charge is 2.44. The maximum atomic E-state index is 12.0. The van der Waals surface area contributed by atoms with Crippen molar-refractivity contribution in [3.8, 4) is 0 Å². The van der Waals surface area contributed by atoms with Crippen LogP contribution < -0.4 is 0 Å². The lowest BCUT2D eigenvalue weighted by Crippen LogP contribution is -2.36. The Balaban J connectivity index is 4.70. The van der Waals surface area contributed by atoms with Crippen molar-refractivity contribution in [2.75, 3.05) is 0 Å². The molecule has 27 heavy (non-hydrogen) atoms. The van der Waals surface area contributed by atoms with Gasteiger partial charge in [-0.05, 0) is 24.7 Å². The van der Waals surface area contributed by atoms with Crippen molar-refractivity contribution in [3.05, 3.63) is 0 Å². The predicted octanol–water partition coefficient (Wildman–Crippen LogP) is 3.27. The Morgan fingerprint density at radius 3 is 1.33 bits per heavy atom. The molecule has 0 rings (SSSR count). The Kier molecular flexibility index (Phi) is 10.4. The summed E-state index contributed by atoms with van der Waals surface area (Å²) in [5, 5.41) is 0. The van der Waals surface area contributed by atoms with Gasteiger partial charge in [-0.3, -0.25) is 19.2 Å². The predicted molar refractivity (Wildman–Crippen MR) is 102 cm³/mol. The van der Waals surface area contributed by atoms with Crippen LogP contribution in [0.3, 0.4) is 0 Å². The molecule has 0 spiro atoms. The molecule has 0 heterocycles. The normalized spacial score (nSPS) is 11.9. The fourth-order valence-corrected chi connectivity index (χ4v) is 3.43. The van der Waals surface area contributed by atoms with Crippen LogP contribution in [-0.2, 0) is 30.5 Å². The molecule has 0 fully saturated rings. The Bertz CT molecular complexity index is 497.